The van der Waals surface area contributed by atoms with Gasteiger partial charge in [0, 0.05) is 12.2 Å². The van der Waals surface area contributed by atoms with Gasteiger partial charge in [-0.15, -0.1) is 0 Å². The first-order valence-corrected chi connectivity index (χ1v) is 7.56. The maximum Gasteiger partial charge on any atom is 0.344 e. The van der Waals surface area contributed by atoms with Crippen molar-refractivity contribution in [2.24, 2.45) is 22.4 Å². The molecule has 0 saturated carbocycles. The van der Waals surface area contributed by atoms with Crippen LogP contribution in [0, 0.1) is 17.6 Å². The van der Waals surface area contributed by atoms with E-state index in [1.54, 1.807) is 0 Å². The van der Waals surface area contributed by atoms with Crippen molar-refractivity contribution in [1.29, 1.82) is 0 Å². The van der Waals surface area contributed by atoms with E-state index < -0.39 is 35.6 Å². The average molecular weight is 353 g/mol. The van der Waals surface area contributed by atoms with Gasteiger partial charge in [-0.1, -0.05) is 19.9 Å². The van der Waals surface area contributed by atoms with Crippen LogP contribution in [-0.2, 0) is 9.53 Å². The van der Waals surface area contributed by atoms with E-state index in [1.807, 2.05) is 13.8 Å². The molecule has 25 heavy (non-hydrogen) atoms. The number of hydrogen-bond acceptors (Lipinski definition) is 5. The van der Waals surface area contributed by atoms with E-state index in [-0.39, 0.29) is 23.0 Å². The molecular weight excluding hydrogens is 332 g/mol. The summed E-state index contributed by atoms with van der Waals surface area (Å²) < 4.78 is 31.9. The van der Waals surface area contributed by atoms with Crippen LogP contribution in [0.3, 0.4) is 0 Å². The highest BCUT2D eigenvalue weighted by Crippen LogP contribution is 2.13. The molecule has 0 aliphatic carbocycles. The van der Waals surface area contributed by atoms with Gasteiger partial charge in [0.05, 0.1) is 5.56 Å². The first-order valence-electron chi connectivity index (χ1n) is 7.56. The van der Waals surface area contributed by atoms with Gasteiger partial charge < -0.3 is 16.2 Å². The number of hydrogen-bond donors (Lipinski definition) is 2. The Morgan fingerprint density at radius 3 is 2.24 bits per heavy atom. The van der Waals surface area contributed by atoms with Crippen LogP contribution < -0.4 is 11.5 Å². The molecule has 8 heteroatoms. The minimum Gasteiger partial charge on any atom is -0.454 e. The number of ether oxygens (including phenoxy) is 1. The zero-order valence-electron chi connectivity index (χ0n) is 14.3. The van der Waals surface area contributed by atoms with Gasteiger partial charge >= 0.3 is 5.97 Å². The summed E-state index contributed by atoms with van der Waals surface area (Å²) in [4.78, 5) is 28.0. The van der Waals surface area contributed by atoms with Crippen molar-refractivity contribution < 1.29 is 23.1 Å². The van der Waals surface area contributed by atoms with E-state index in [4.69, 9.17) is 16.2 Å². The van der Waals surface area contributed by atoms with Crippen molar-refractivity contribution in [3.63, 3.8) is 0 Å². The van der Waals surface area contributed by atoms with Gasteiger partial charge in [0.15, 0.2) is 6.61 Å². The molecule has 0 saturated heterocycles. The molecule has 1 aromatic carbocycles. The zero-order chi connectivity index (χ0) is 19.1. The molecule has 0 amide bonds. The molecule has 0 aliphatic heterocycles. The molecule has 6 nitrogen and oxygen atoms in total. The van der Waals surface area contributed by atoms with Crippen molar-refractivity contribution in [3.05, 3.63) is 46.7 Å². The highest BCUT2D eigenvalue weighted by molar-refractivity contribution is 6.19. The highest BCUT2D eigenvalue weighted by Gasteiger charge is 2.22. The maximum atomic E-state index is 13.5. The summed E-state index contributed by atoms with van der Waals surface area (Å²) in [5, 5.41) is 0. The molecule has 0 radical (unpaired) electrons. The number of aliphatic imine (C=N–C) groups is 1. The van der Waals surface area contributed by atoms with Gasteiger partial charge in [0.1, 0.15) is 23.0 Å². The summed E-state index contributed by atoms with van der Waals surface area (Å²) in [5.74, 6) is -4.00. The Labute approximate surface area is 144 Å². The number of carbonyl (C=O) groups excluding carboxylic acids is 2. The van der Waals surface area contributed by atoms with Gasteiger partial charge in [0.25, 0.3) is 0 Å². The smallest absolute Gasteiger partial charge is 0.344 e. The number of esters is 1. The number of rotatable bonds is 7. The lowest BCUT2D eigenvalue weighted by Crippen LogP contribution is -2.28. The van der Waals surface area contributed by atoms with Crippen LogP contribution in [0.1, 0.15) is 31.1 Å². The normalized spacial score (nSPS) is 12.8. The molecule has 0 heterocycles. The first-order chi connectivity index (χ1) is 11.6. The van der Waals surface area contributed by atoms with Crippen LogP contribution in [0.2, 0.25) is 0 Å². The van der Waals surface area contributed by atoms with Crippen LogP contribution in [0.15, 0.2) is 34.5 Å². The molecule has 0 atom stereocenters. The fraction of sp³-hybridized carbons (Fsp3) is 0.353. The number of Topliss-reactive ketones (excluding diaryl/α,β-unsaturated/α-hetero) is 1. The van der Waals surface area contributed by atoms with Crippen molar-refractivity contribution in [3.8, 4) is 0 Å². The average Bonchev–Trinajstić information content (AvgIpc) is 2.50. The van der Waals surface area contributed by atoms with E-state index in [9.17, 15) is 18.4 Å². The summed E-state index contributed by atoms with van der Waals surface area (Å²) >= 11 is 0. The summed E-state index contributed by atoms with van der Waals surface area (Å²) in [6, 6.07) is 2.99. The van der Waals surface area contributed by atoms with Crippen LogP contribution in [0.25, 0.3) is 0 Å². The van der Waals surface area contributed by atoms with Gasteiger partial charge in [-0.2, -0.15) is 0 Å². The Morgan fingerprint density at radius 2 is 1.76 bits per heavy atom. The van der Waals surface area contributed by atoms with Crippen molar-refractivity contribution in [1.82, 2.24) is 0 Å². The van der Waals surface area contributed by atoms with Gasteiger partial charge in [0.2, 0.25) is 5.78 Å². The Bertz CT molecular complexity index is 704. The van der Waals surface area contributed by atoms with Crippen molar-refractivity contribution >= 4 is 17.6 Å². The number of nitrogens with two attached hydrogens (primary N) is 2. The van der Waals surface area contributed by atoms with Crippen LogP contribution in [-0.4, -0.2) is 30.7 Å². The molecule has 136 valence electrons. The Morgan fingerprint density at radius 1 is 1.20 bits per heavy atom. The van der Waals surface area contributed by atoms with E-state index in [0.29, 0.717) is 6.54 Å². The molecule has 0 aliphatic rings. The number of benzene rings is 1. The SMILES string of the molecule is C/C(N)=C(\C(=O)OCC(=O)c1c(F)cccc1F)C(N)=NCC(C)C. The van der Waals surface area contributed by atoms with Crippen molar-refractivity contribution in [2.75, 3.05) is 13.2 Å². The minimum atomic E-state index is -1.04. The molecule has 0 spiro atoms. The van der Waals surface area contributed by atoms with Gasteiger partial charge in [-0.25, -0.2) is 13.6 Å². The second-order valence-electron chi connectivity index (χ2n) is 5.77. The van der Waals surface area contributed by atoms with Crippen LogP contribution in [0.5, 0.6) is 0 Å². The summed E-state index contributed by atoms with van der Waals surface area (Å²) in [5.41, 5.74) is 10.5. The third kappa shape index (κ3) is 5.66. The monoisotopic (exact) mass is 353 g/mol. The quantitative estimate of drug-likeness (QED) is 0.256. The highest BCUT2D eigenvalue weighted by atomic mass is 19.1. The first kappa shape index (κ1) is 20.3. The molecule has 0 fully saturated rings. The van der Waals surface area contributed by atoms with E-state index in [0.717, 1.165) is 18.2 Å². The molecule has 0 bridgehead atoms. The lowest BCUT2D eigenvalue weighted by molar-refractivity contribution is -0.137. The van der Waals surface area contributed by atoms with E-state index >= 15 is 0 Å². The van der Waals surface area contributed by atoms with Gasteiger partial charge in [-0.05, 0) is 25.0 Å². The standard InChI is InChI=1S/C17H21F2N3O3/c1-9(2)7-22-16(21)14(10(3)20)17(24)25-8-13(23)15-11(18)5-4-6-12(15)19/h4-6,9H,7-8,20H2,1-3H3,(H2,21,22)/b14-10+. The lowest BCUT2D eigenvalue weighted by Gasteiger charge is -2.10. The zero-order valence-corrected chi connectivity index (χ0v) is 14.3. The number of ketones is 1. The molecular formula is C17H21F2N3O3. The van der Waals surface area contributed by atoms with E-state index in [2.05, 4.69) is 4.99 Å². The fourth-order valence-electron chi connectivity index (χ4n) is 1.87. The molecule has 4 N–H and O–H groups in total. The summed E-state index contributed by atoms with van der Waals surface area (Å²) in [6.45, 7) is 4.76. The molecule has 1 rings (SSSR count). The maximum absolute atomic E-state index is 13.5. The largest absolute Gasteiger partial charge is 0.454 e. The summed E-state index contributed by atoms with van der Waals surface area (Å²) in [6.07, 6.45) is 0. The second kappa shape index (κ2) is 8.91. The Hall–Kier alpha value is -2.77. The van der Waals surface area contributed by atoms with Crippen molar-refractivity contribution in [2.45, 2.75) is 20.8 Å². The van der Waals surface area contributed by atoms with Crippen LogP contribution in [0.4, 0.5) is 8.78 Å². The number of allylic oxidation sites excluding steroid dienone is 1. The van der Waals surface area contributed by atoms with E-state index in [1.165, 1.54) is 6.92 Å². The molecule has 0 unspecified atom stereocenters. The third-order valence-electron chi connectivity index (χ3n) is 3.06. The Balaban J connectivity index is 2.88. The number of nitrogens with zero attached hydrogens (tertiary/aromatic N) is 1. The Kier molecular flexibility index (Phi) is 7.22. The number of amidine groups is 1. The summed E-state index contributed by atoms with van der Waals surface area (Å²) in [7, 11) is 0. The van der Waals surface area contributed by atoms with Gasteiger partial charge in [-0.3, -0.25) is 9.79 Å². The topological polar surface area (TPSA) is 108 Å². The molecule has 0 aromatic heterocycles. The fourth-order valence-corrected chi connectivity index (χ4v) is 1.87. The number of halogens is 2. The molecule has 1 aromatic rings. The lowest BCUT2D eigenvalue weighted by atomic mass is 10.1. The predicted molar refractivity (Wildman–Crippen MR) is 89.9 cm³/mol. The third-order valence-corrected chi connectivity index (χ3v) is 3.06. The van der Waals surface area contributed by atoms with Crippen LogP contribution >= 0.6 is 0 Å². The predicted octanol–water partition coefficient (Wildman–Crippen LogP) is 1.94. The minimum absolute atomic E-state index is 0.0551. The second-order valence-corrected chi connectivity index (χ2v) is 5.77. The number of carbonyl (C=O) groups is 2.